The zero-order valence-corrected chi connectivity index (χ0v) is 23.4. The molecule has 3 aromatic rings. The molecule has 2 heterocycles. The van der Waals surface area contributed by atoms with Gasteiger partial charge in [0.15, 0.2) is 0 Å². The highest BCUT2D eigenvalue weighted by Crippen LogP contribution is 2.49. The molecule has 5 rings (SSSR count). The number of hydrogen-bond acceptors (Lipinski definition) is 3. The third-order valence-electron chi connectivity index (χ3n) is 7.87. The van der Waals surface area contributed by atoms with E-state index in [1.807, 2.05) is 51.1 Å². The van der Waals surface area contributed by atoms with Gasteiger partial charge in [0.25, 0.3) is 0 Å². The molecule has 0 saturated carbocycles. The van der Waals surface area contributed by atoms with Crippen LogP contribution in [-0.4, -0.2) is 45.4 Å². The average molecular weight is 566 g/mol. The van der Waals surface area contributed by atoms with Crippen molar-refractivity contribution in [2.75, 3.05) is 13.1 Å². The van der Waals surface area contributed by atoms with E-state index in [4.69, 9.17) is 5.73 Å². The van der Waals surface area contributed by atoms with Crippen LogP contribution in [0.1, 0.15) is 57.0 Å². The summed E-state index contributed by atoms with van der Waals surface area (Å²) in [6, 6.07) is 12.6. The summed E-state index contributed by atoms with van der Waals surface area (Å²) in [5.74, 6) is 0.179. The van der Waals surface area contributed by atoms with Crippen LogP contribution in [0.3, 0.4) is 0 Å². The van der Waals surface area contributed by atoms with Crippen LogP contribution in [0.4, 0.5) is 18.0 Å². The van der Waals surface area contributed by atoms with Gasteiger partial charge < -0.3 is 20.9 Å². The van der Waals surface area contributed by atoms with Crippen LogP contribution < -0.4 is 11.1 Å². The smallest absolute Gasteiger partial charge is 0.369 e. The zero-order chi connectivity index (χ0) is 29.6. The van der Waals surface area contributed by atoms with Crippen LogP contribution >= 0.6 is 0 Å². The number of amides is 3. The summed E-state index contributed by atoms with van der Waals surface area (Å²) >= 11 is 0. The van der Waals surface area contributed by atoms with E-state index in [0.717, 1.165) is 28.7 Å². The van der Waals surface area contributed by atoms with Gasteiger partial charge in [0.05, 0.1) is 22.0 Å². The van der Waals surface area contributed by atoms with Crippen LogP contribution in [0.25, 0.3) is 16.6 Å². The monoisotopic (exact) mass is 565 g/mol. The molecule has 1 unspecified atom stereocenters. The fourth-order valence-corrected chi connectivity index (χ4v) is 5.83. The minimum Gasteiger partial charge on any atom is -0.369 e. The number of aryl methyl sites for hydroxylation is 1. The van der Waals surface area contributed by atoms with Crippen molar-refractivity contribution in [1.29, 1.82) is 0 Å². The number of nitrogens with two attached hydrogens (primary N) is 1. The largest absolute Gasteiger partial charge is 0.416 e. The Kier molecular flexibility index (Phi) is 7.21. The molecule has 216 valence electrons. The normalized spacial score (nSPS) is 19.7. The minimum absolute atomic E-state index is 0.149. The number of alkyl halides is 3. The second kappa shape index (κ2) is 10.4. The van der Waals surface area contributed by atoms with E-state index in [2.05, 4.69) is 15.3 Å². The standard InChI is InChI=1S/C31H34F3N5O2/c1-29(2,3)38-28(41)39-16-13-22-21(19-7-6-8-20(17-19)31(32,33)34)11-14-30(27(35)40,23(22)18-39)15-12-26-36-24-9-4-5-10-25(24)37-26/h4-11,17H,12-16,18H2,1-3H3,(H2,35,40)(H,36,37)(H,38,41). The van der Waals surface area contributed by atoms with Crippen molar-refractivity contribution in [3.8, 4) is 0 Å². The maximum atomic E-state index is 13.6. The Morgan fingerprint density at radius 1 is 1.12 bits per heavy atom. The fraction of sp³-hybridized carbons (Fsp3) is 0.387. The Labute approximate surface area is 236 Å². The van der Waals surface area contributed by atoms with Crippen LogP contribution in [0, 0.1) is 5.41 Å². The lowest BCUT2D eigenvalue weighted by molar-refractivity contribution is -0.137. The number of nitrogens with one attached hydrogen (secondary N) is 2. The number of benzene rings is 2. The van der Waals surface area contributed by atoms with Crippen molar-refractivity contribution < 1.29 is 22.8 Å². The molecule has 0 saturated heterocycles. The predicted molar refractivity (Wildman–Crippen MR) is 152 cm³/mol. The Morgan fingerprint density at radius 2 is 1.88 bits per heavy atom. The molecule has 1 aromatic heterocycles. The number of carbonyl (C=O) groups excluding carboxylic acids is 2. The summed E-state index contributed by atoms with van der Waals surface area (Å²) in [5, 5.41) is 2.97. The van der Waals surface area contributed by atoms with E-state index in [9.17, 15) is 22.8 Å². The van der Waals surface area contributed by atoms with Crippen molar-refractivity contribution in [3.63, 3.8) is 0 Å². The van der Waals surface area contributed by atoms with E-state index in [0.29, 0.717) is 48.3 Å². The number of aromatic nitrogens is 2. The number of allylic oxidation sites excluding steroid dienone is 2. The van der Waals surface area contributed by atoms with Crippen molar-refractivity contribution in [3.05, 3.63) is 82.7 Å². The number of nitrogens with zero attached hydrogens (tertiary/aromatic N) is 2. The van der Waals surface area contributed by atoms with Crippen LogP contribution in [-0.2, 0) is 17.4 Å². The van der Waals surface area contributed by atoms with E-state index >= 15 is 0 Å². The van der Waals surface area contributed by atoms with Gasteiger partial charge >= 0.3 is 12.2 Å². The Morgan fingerprint density at radius 3 is 2.56 bits per heavy atom. The highest BCUT2D eigenvalue weighted by atomic mass is 19.4. The van der Waals surface area contributed by atoms with Crippen LogP contribution in [0.5, 0.6) is 0 Å². The van der Waals surface area contributed by atoms with Gasteiger partial charge in [-0.25, -0.2) is 9.78 Å². The maximum Gasteiger partial charge on any atom is 0.416 e. The molecule has 4 N–H and O–H groups in total. The molecule has 41 heavy (non-hydrogen) atoms. The summed E-state index contributed by atoms with van der Waals surface area (Å²) < 4.78 is 40.7. The second-order valence-electron chi connectivity index (χ2n) is 11.9. The molecule has 0 bridgehead atoms. The lowest BCUT2D eigenvalue weighted by Crippen LogP contribution is -2.53. The van der Waals surface area contributed by atoms with Crippen molar-refractivity contribution in [2.24, 2.45) is 11.1 Å². The van der Waals surface area contributed by atoms with Gasteiger partial charge in [-0.3, -0.25) is 4.79 Å². The SMILES string of the molecule is CC(C)(C)NC(=O)N1CCC2=C(C1)C(CCc1nc3ccccc3[nH]1)(C(N)=O)CC=C2c1cccc(C(F)(F)F)c1. The lowest BCUT2D eigenvalue weighted by Gasteiger charge is -2.44. The van der Waals surface area contributed by atoms with E-state index in [1.54, 1.807) is 11.0 Å². The third kappa shape index (κ3) is 5.73. The van der Waals surface area contributed by atoms with Gasteiger partial charge in [0.2, 0.25) is 5.91 Å². The second-order valence-corrected chi connectivity index (χ2v) is 11.9. The molecule has 0 radical (unpaired) electrons. The number of H-pyrrole nitrogens is 1. The van der Waals surface area contributed by atoms with Gasteiger partial charge in [0, 0.05) is 25.0 Å². The van der Waals surface area contributed by atoms with Crippen molar-refractivity contribution in [2.45, 2.75) is 58.2 Å². The van der Waals surface area contributed by atoms with Gasteiger partial charge in [-0.05, 0) is 86.6 Å². The summed E-state index contributed by atoms with van der Waals surface area (Å²) in [4.78, 5) is 36.1. The van der Waals surface area contributed by atoms with E-state index in [-0.39, 0.29) is 19.0 Å². The van der Waals surface area contributed by atoms with Crippen molar-refractivity contribution >= 4 is 28.5 Å². The first-order chi connectivity index (χ1) is 19.3. The first kappa shape index (κ1) is 28.4. The number of halogens is 3. The number of aromatic amines is 1. The van der Waals surface area contributed by atoms with Gasteiger partial charge in [-0.2, -0.15) is 13.2 Å². The summed E-state index contributed by atoms with van der Waals surface area (Å²) in [5.41, 5.74) is 8.04. The fourth-order valence-electron chi connectivity index (χ4n) is 5.83. The van der Waals surface area contributed by atoms with Crippen molar-refractivity contribution in [1.82, 2.24) is 20.2 Å². The molecule has 0 fully saturated rings. The molecule has 1 aliphatic carbocycles. The highest BCUT2D eigenvalue weighted by molar-refractivity contribution is 5.92. The number of hydrogen-bond donors (Lipinski definition) is 3. The first-order valence-corrected chi connectivity index (χ1v) is 13.7. The summed E-state index contributed by atoms with van der Waals surface area (Å²) in [7, 11) is 0. The third-order valence-corrected chi connectivity index (χ3v) is 7.87. The van der Waals surface area contributed by atoms with E-state index < -0.39 is 28.6 Å². The quantitative estimate of drug-likeness (QED) is 0.354. The molecule has 1 atom stereocenters. The molecule has 2 aromatic carbocycles. The lowest BCUT2D eigenvalue weighted by atomic mass is 9.65. The van der Waals surface area contributed by atoms with Crippen LogP contribution in [0.2, 0.25) is 0 Å². The van der Waals surface area contributed by atoms with Gasteiger partial charge in [-0.15, -0.1) is 0 Å². The maximum absolute atomic E-state index is 13.6. The minimum atomic E-state index is -4.49. The number of para-hydroxylation sites is 2. The number of imidazole rings is 1. The molecule has 0 spiro atoms. The molecule has 3 amide bonds. The molecular formula is C31H34F3N5O2. The predicted octanol–water partition coefficient (Wildman–Crippen LogP) is 5.98. The Bertz CT molecular complexity index is 1530. The average Bonchev–Trinajstić information content (AvgIpc) is 3.33. The number of carbonyl (C=O) groups is 2. The zero-order valence-electron chi connectivity index (χ0n) is 23.4. The first-order valence-electron chi connectivity index (χ1n) is 13.7. The summed E-state index contributed by atoms with van der Waals surface area (Å²) in [6.45, 7) is 6.16. The van der Waals surface area contributed by atoms with E-state index in [1.165, 1.54) is 6.07 Å². The molecular weight excluding hydrogens is 531 g/mol. The number of fused-ring (bicyclic) bond motifs is 1. The topological polar surface area (TPSA) is 104 Å². The van der Waals surface area contributed by atoms with Crippen LogP contribution in [0.15, 0.2) is 65.8 Å². The van der Waals surface area contributed by atoms with Gasteiger partial charge in [0.1, 0.15) is 5.82 Å². The number of urea groups is 1. The molecule has 2 aliphatic rings. The van der Waals surface area contributed by atoms with Gasteiger partial charge in [-0.1, -0.05) is 30.3 Å². The summed E-state index contributed by atoms with van der Waals surface area (Å²) in [6.07, 6.45) is -1.29. The molecule has 1 aliphatic heterocycles. The molecule has 7 nitrogen and oxygen atoms in total. The Balaban J connectivity index is 1.55. The number of rotatable bonds is 5. The molecule has 10 heteroatoms. The highest BCUT2D eigenvalue weighted by Gasteiger charge is 2.46. The Hall–Kier alpha value is -4.08. The number of primary amides is 1.